The van der Waals surface area contributed by atoms with Crippen LogP contribution in [-0.2, 0) is 16.0 Å². The van der Waals surface area contributed by atoms with Gasteiger partial charge in [-0.3, -0.25) is 4.79 Å². The van der Waals surface area contributed by atoms with Gasteiger partial charge in [-0.15, -0.1) is 0 Å². The quantitative estimate of drug-likeness (QED) is 0.254. The molecule has 1 aromatic rings. The normalized spacial score (nSPS) is 15.8. The van der Waals surface area contributed by atoms with Gasteiger partial charge in [0, 0.05) is 0 Å². The Morgan fingerprint density at radius 1 is 0.897 bits per heavy atom. The van der Waals surface area contributed by atoms with Crippen molar-refractivity contribution >= 4 is 35.0 Å². The molecule has 164 valence electrons. The van der Waals surface area contributed by atoms with Gasteiger partial charge < -0.3 is 38.6 Å². The molecule has 0 saturated heterocycles. The molecule has 0 radical (unpaired) electrons. The van der Waals surface area contributed by atoms with Gasteiger partial charge in [0.05, 0.1) is 12.5 Å². The van der Waals surface area contributed by atoms with Crippen molar-refractivity contribution in [2.45, 2.75) is 57.5 Å². The van der Waals surface area contributed by atoms with E-state index in [9.17, 15) is 9.59 Å². The number of benzene rings is 1. The Kier molecular flexibility index (Phi) is 15.1. The molecule has 0 aromatic heterocycles. The van der Waals surface area contributed by atoms with Gasteiger partial charge in [0.1, 0.15) is 18.3 Å². The molecular weight excluding hydrogens is 397 g/mol. The molecule has 0 bridgehead atoms. The van der Waals surface area contributed by atoms with Crippen molar-refractivity contribution in [1.29, 1.82) is 0 Å². The SMILES string of the molecule is CC(C)Cc1ccc(C(C)C(=O)O)cc1.O=C(O)[C@H](O)[C@@H](O)[C@H](O)[C@H](O)CO.[H-].[H-].[Mg+2]. The second kappa shape index (κ2) is 14.7. The van der Waals surface area contributed by atoms with E-state index in [0.29, 0.717) is 5.92 Å². The summed E-state index contributed by atoms with van der Waals surface area (Å²) in [5, 5.41) is 60.7. The van der Waals surface area contributed by atoms with Crippen LogP contribution in [0.4, 0.5) is 0 Å². The smallest absolute Gasteiger partial charge is 1.00 e. The molecule has 7 N–H and O–H groups in total. The number of hydrogen-bond donors (Lipinski definition) is 7. The average Bonchev–Trinajstić information content (AvgIpc) is 2.65. The Morgan fingerprint density at radius 3 is 1.72 bits per heavy atom. The summed E-state index contributed by atoms with van der Waals surface area (Å²) in [5.41, 5.74) is 2.14. The van der Waals surface area contributed by atoms with Crippen molar-refractivity contribution in [3.05, 3.63) is 35.4 Å². The number of carboxylic acids is 2. The second-order valence-corrected chi connectivity index (χ2v) is 6.91. The molecule has 1 rings (SSSR count). The Morgan fingerprint density at radius 2 is 1.38 bits per heavy atom. The maximum atomic E-state index is 10.8. The summed E-state index contributed by atoms with van der Waals surface area (Å²) in [6.07, 6.45) is -6.79. The molecule has 29 heavy (non-hydrogen) atoms. The van der Waals surface area contributed by atoms with Crippen LogP contribution < -0.4 is 0 Å². The Labute approximate surface area is 188 Å². The Bertz CT molecular complexity index is 617. The molecule has 0 amide bonds. The third-order valence-corrected chi connectivity index (χ3v) is 4.00. The largest absolute Gasteiger partial charge is 2.00 e. The summed E-state index contributed by atoms with van der Waals surface area (Å²) in [5.74, 6) is -2.28. The predicted molar refractivity (Wildman–Crippen MR) is 108 cm³/mol. The fourth-order valence-corrected chi connectivity index (χ4v) is 2.22. The van der Waals surface area contributed by atoms with Crippen LogP contribution in [0.15, 0.2) is 24.3 Å². The minimum absolute atomic E-state index is 0. The minimum atomic E-state index is -2.20. The summed E-state index contributed by atoms with van der Waals surface area (Å²) in [7, 11) is 0. The number of rotatable bonds is 9. The molecule has 5 atom stereocenters. The maximum absolute atomic E-state index is 10.8. The van der Waals surface area contributed by atoms with Gasteiger partial charge in [-0.25, -0.2) is 4.79 Å². The van der Waals surface area contributed by atoms with Crippen molar-refractivity contribution in [3.8, 4) is 0 Å². The summed E-state index contributed by atoms with van der Waals surface area (Å²) < 4.78 is 0. The van der Waals surface area contributed by atoms with Crippen molar-refractivity contribution in [2.75, 3.05) is 6.61 Å². The van der Waals surface area contributed by atoms with E-state index in [-0.39, 0.29) is 25.9 Å². The van der Waals surface area contributed by atoms with E-state index in [0.717, 1.165) is 12.0 Å². The van der Waals surface area contributed by atoms with Crippen LogP contribution in [0.5, 0.6) is 0 Å². The zero-order chi connectivity index (χ0) is 22.0. The van der Waals surface area contributed by atoms with Crippen molar-refractivity contribution < 1.29 is 48.2 Å². The molecule has 10 heteroatoms. The van der Waals surface area contributed by atoms with Crippen LogP contribution in [0.2, 0.25) is 0 Å². The van der Waals surface area contributed by atoms with Crippen LogP contribution in [-0.4, -0.2) is 102 Å². The minimum Gasteiger partial charge on any atom is -1.00 e. The number of carbonyl (C=O) groups is 2. The number of aliphatic hydroxyl groups is 5. The van der Waals surface area contributed by atoms with Crippen molar-refractivity contribution in [2.24, 2.45) is 5.92 Å². The van der Waals surface area contributed by atoms with Gasteiger partial charge in [-0.2, -0.15) is 0 Å². The fourth-order valence-electron chi connectivity index (χ4n) is 2.22. The number of aliphatic hydroxyl groups excluding tert-OH is 5. The first kappa shape index (κ1) is 29.9. The standard InChI is InChI=1S/C13H18O2.C6H12O7.Mg.2H/c1-9(2)8-11-4-6-12(7-5-11)10(3)13(14)15;7-1-2(8)3(9)4(10)5(11)6(12)13;;;/h4-7,9-10H,8H2,1-3H3,(H,14,15);2-5,7-11H,1H2,(H,12,13);;;/q;;+2;2*-1/t;2-,3-,4+,5-;;;/m.1.../s1. The van der Waals surface area contributed by atoms with Gasteiger partial charge in [-0.05, 0) is 30.4 Å². The molecule has 0 heterocycles. The zero-order valence-electron chi connectivity index (χ0n) is 18.8. The summed E-state index contributed by atoms with van der Waals surface area (Å²) >= 11 is 0. The molecule has 0 spiro atoms. The van der Waals surface area contributed by atoms with Crippen LogP contribution in [0.1, 0.15) is 40.7 Å². The van der Waals surface area contributed by atoms with Crippen molar-refractivity contribution in [3.63, 3.8) is 0 Å². The van der Waals surface area contributed by atoms with E-state index in [1.165, 1.54) is 5.56 Å². The van der Waals surface area contributed by atoms with Crippen LogP contribution in [0.3, 0.4) is 0 Å². The monoisotopic (exact) mass is 428 g/mol. The third-order valence-electron chi connectivity index (χ3n) is 4.00. The van der Waals surface area contributed by atoms with Crippen LogP contribution in [0.25, 0.3) is 0 Å². The second-order valence-electron chi connectivity index (χ2n) is 6.91. The van der Waals surface area contributed by atoms with Gasteiger partial charge in [-0.1, -0.05) is 38.1 Å². The third kappa shape index (κ3) is 10.9. The molecule has 0 aliphatic heterocycles. The molecule has 9 nitrogen and oxygen atoms in total. The number of carboxylic acid groups (broad SMARTS) is 2. The van der Waals surface area contributed by atoms with E-state index in [2.05, 4.69) is 13.8 Å². The molecular formula is C19H32MgO9. The first-order chi connectivity index (χ1) is 12.9. The molecule has 1 aromatic carbocycles. The predicted octanol–water partition coefficient (Wildman–Crippen LogP) is -0.576. The first-order valence-corrected chi connectivity index (χ1v) is 8.79. The maximum Gasteiger partial charge on any atom is 2.00 e. The van der Waals surface area contributed by atoms with E-state index in [1.54, 1.807) is 6.92 Å². The summed E-state index contributed by atoms with van der Waals surface area (Å²) in [6, 6.07) is 7.87. The molecule has 1 unspecified atom stereocenters. The molecule has 0 aliphatic carbocycles. The first-order valence-electron chi connectivity index (χ1n) is 8.79. The summed E-state index contributed by atoms with van der Waals surface area (Å²) in [4.78, 5) is 20.9. The topological polar surface area (TPSA) is 176 Å². The van der Waals surface area contributed by atoms with Gasteiger partial charge in [0.15, 0.2) is 6.10 Å². The van der Waals surface area contributed by atoms with Crippen molar-refractivity contribution in [1.82, 2.24) is 0 Å². The van der Waals surface area contributed by atoms with Gasteiger partial charge in [0.2, 0.25) is 0 Å². The van der Waals surface area contributed by atoms with E-state index in [4.69, 9.17) is 35.7 Å². The fraction of sp³-hybridized carbons (Fsp3) is 0.579. The number of aliphatic carboxylic acids is 2. The van der Waals surface area contributed by atoms with Crippen LogP contribution in [0, 0.1) is 5.92 Å². The van der Waals surface area contributed by atoms with E-state index < -0.39 is 48.9 Å². The van der Waals surface area contributed by atoms with E-state index in [1.807, 2.05) is 24.3 Å². The van der Waals surface area contributed by atoms with Gasteiger partial charge in [0.25, 0.3) is 0 Å². The average molecular weight is 429 g/mol. The number of hydrogen-bond acceptors (Lipinski definition) is 7. The molecule has 0 saturated carbocycles. The van der Waals surface area contributed by atoms with E-state index >= 15 is 0 Å². The Balaban J connectivity index is -0.000000217. The molecule has 0 fully saturated rings. The summed E-state index contributed by atoms with van der Waals surface area (Å²) in [6.45, 7) is 5.21. The molecule has 0 aliphatic rings. The van der Waals surface area contributed by atoms with Crippen LogP contribution >= 0.6 is 0 Å². The zero-order valence-corrected chi connectivity index (χ0v) is 18.3. The van der Waals surface area contributed by atoms with Gasteiger partial charge >= 0.3 is 35.0 Å². The Hall–Kier alpha value is -1.27.